The first kappa shape index (κ1) is 33.4. The summed E-state index contributed by atoms with van der Waals surface area (Å²) in [5.41, 5.74) is 1.82. The molecule has 0 fully saturated rings. The zero-order chi connectivity index (χ0) is 31.7. The molecule has 3 aromatic carbocycles. The molecule has 0 aromatic heterocycles. The summed E-state index contributed by atoms with van der Waals surface area (Å²) in [6.45, 7) is 2.62. The molecule has 0 saturated heterocycles. The van der Waals surface area contributed by atoms with Crippen molar-refractivity contribution in [1.29, 1.82) is 0 Å². The van der Waals surface area contributed by atoms with Gasteiger partial charge in [-0.25, -0.2) is 8.42 Å². The Morgan fingerprint density at radius 3 is 2.34 bits per heavy atom. The van der Waals surface area contributed by atoms with Crippen LogP contribution >= 0.6 is 23.2 Å². The smallest absolute Gasteiger partial charge is 0.243 e. The highest BCUT2D eigenvalue weighted by atomic mass is 35.5. The molecule has 1 atom stereocenters. The Balaban J connectivity index is 1.60. The van der Waals surface area contributed by atoms with Crippen LogP contribution in [0.1, 0.15) is 43.7 Å². The molecule has 1 N–H and O–H groups in total. The van der Waals surface area contributed by atoms with E-state index in [4.69, 9.17) is 32.7 Å². The Hall–Kier alpha value is -3.47. The van der Waals surface area contributed by atoms with Gasteiger partial charge in [0, 0.05) is 54.2 Å². The second-order valence-electron chi connectivity index (χ2n) is 10.5. The lowest BCUT2D eigenvalue weighted by molar-refractivity contribution is -0.141. The minimum Gasteiger partial charge on any atom is -0.454 e. The van der Waals surface area contributed by atoms with Gasteiger partial charge in [0.25, 0.3) is 0 Å². The molecule has 0 radical (unpaired) electrons. The first-order valence-corrected chi connectivity index (χ1v) is 17.1. The van der Waals surface area contributed by atoms with Crippen molar-refractivity contribution in [1.82, 2.24) is 10.2 Å². The third-order valence-corrected chi connectivity index (χ3v) is 9.19. The monoisotopic (exact) mass is 661 g/mol. The average molecular weight is 663 g/mol. The normalized spacial score (nSPS) is 12.9. The summed E-state index contributed by atoms with van der Waals surface area (Å²) in [5, 5.41) is 3.74. The van der Waals surface area contributed by atoms with E-state index in [1.54, 1.807) is 36.4 Å². The minimum absolute atomic E-state index is 0.00793. The number of ether oxygens (including phenoxy) is 2. The summed E-state index contributed by atoms with van der Waals surface area (Å²) in [6, 6.07) is 18.6. The van der Waals surface area contributed by atoms with Gasteiger partial charge in [0.1, 0.15) is 6.04 Å². The van der Waals surface area contributed by atoms with Crippen LogP contribution in [0.4, 0.5) is 5.69 Å². The van der Waals surface area contributed by atoms with Gasteiger partial charge in [-0.2, -0.15) is 0 Å². The molecular weight excluding hydrogens is 625 g/mol. The summed E-state index contributed by atoms with van der Waals surface area (Å²) in [4.78, 5) is 29.2. The number of rotatable bonds is 15. The van der Waals surface area contributed by atoms with E-state index in [2.05, 4.69) is 5.32 Å². The van der Waals surface area contributed by atoms with E-state index in [1.807, 2.05) is 37.3 Å². The maximum Gasteiger partial charge on any atom is 0.243 e. The highest BCUT2D eigenvalue weighted by Crippen LogP contribution is 2.36. The summed E-state index contributed by atoms with van der Waals surface area (Å²) in [7, 11) is -3.68. The molecule has 2 amide bonds. The van der Waals surface area contributed by atoms with Crippen LogP contribution in [0.25, 0.3) is 0 Å². The summed E-state index contributed by atoms with van der Waals surface area (Å²) < 4.78 is 37.5. The highest BCUT2D eigenvalue weighted by Gasteiger charge is 2.31. The van der Waals surface area contributed by atoms with Crippen molar-refractivity contribution in [2.45, 2.75) is 51.6 Å². The van der Waals surface area contributed by atoms with Gasteiger partial charge in [0.05, 0.1) is 11.9 Å². The van der Waals surface area contributed by atoms with Crippen molar-refractivity contribution in [2.24, 2.45) is 0 Å². The van der Waals surface area contributed by atoms with E-state index in [9.17, 15) is 18.0 Å². The first-order valence-electron chi connectivity index (χ1n) is 14.5. The van der Waals surface area contributed by atoms with E-state index in [0.29, 0.717) is 39.3 Å². The second-order valence-corrected chi connectivity index (χ2v) is 13.3. The molecule has 1 aliphatic heterocycles. The van der Waals surface area contributed by atoms with Crippen LogP contribution in [0.5, 0.6) is 11.5 Å². The number of unbranched alkanes of at least 4 members (excludes halogenated alkanes) is 1. The van der Waals surface area contributed by atoms with Crippen LogP contribution in [0, 0.1) is 0 Å². The van der Waals surface area contributed by atoms with Gasteiger partial charge in [-0.15, -0.1) is 0 Å². The van der Waals surface area contributed by atoms with Crippen molar-refractivity contribution < 1.29 is 27.5 Å². The van der Waals surface area contributed by atoms with Gasteiger partial charge in [-0.3, -0.25) is 13.9 Å². The molecule has 4 rings (SSSR count). The van der Waals surface area contributed by atoms with Gasteiger partial charge in [-0.1, -0.05) is 72.9 Å². The number of nitrogens with one attached hydrogen (secondary N) is 1. The molecule has 44 heavy (non-hydrogen) atoms. The van der Waals surface area contributed by atoms with Gasteiger partial charge >= 0.3 is 0 Å². The number of anilines is 1. The van der Waals surface area contributed by atoms with Crippen molar-refractivity contribution in [3.05, 3.63) is 87.9 Å². The molecule has 0 bridgehead atoms. The van der Waals surface area contributed by atoms with Gasteiger partial charge in [0.15, 0.2) is 11.5 Å². The number of amides is 2. The Morgan fingerprint density at radius 1 is 0.955 bits per heavy atom. The molecule has 1 aliphatic rings. The number of fused-ring (bicyclic) bond motifs is 1. The number of sulfonamides is 1. The molecule has 0 spiro atoms. The fourth-order valence-corrected chi connectivity index (χ4v) is 6.43. The number of hydrogen-bond donors (Lipinski definition) is 1. The van der Waals surface area contributed by atoms with E-state index >= 15 is 0 Å². The Morgan fingerprint density at radius 2 is 1.66 bits per heavy atom. The third-order valence-electron chi connectivity index (χ3n) is 7.29. The number of benzene rings is 3. The number of halogens is 2. The molecule has 12 heteroatoms. The summed E-state index contributed by atoms with van der Waals surface area (Å²) >= 11 is 13.0. The van der Waals surface area contributed by atoms with Crippen LogP contribution in [-0.2, 0) is 32.6 Å². The molecule has 0 unspecified atom stereocenters. The third kappa shape index (κ3) is 8.80. The summed E-state index contributed by atoms with van der Waals surface area (Å²) in [5.74, 6) is 0.379. The predicted octanol–water partition coefficient (Wildman–Crippen LogP) is 5.82. The number of carbonyl (C=O) groups excluding carboxylic acids is 2. The predicted molar refractivity (Wildman–Crippen MR) is 173 cm³/mol. The van der Waals surface area contributed by atoms with Gasteiger partial charge < -0.3 is 19.7 Å². The minimum atomic E-state index is -3.68. The number of nitrogens with zero attached hydrogens (tertiary/aromatic N) is 2. The van der Waals surface area contributed by atoms with Crippen molar-refractivity contribution in [2.75, 3.05) is 30.4 Å². The SMILES string of the molecule is CCCCNC(=O)[C@@H](Cc1ccccc1)N(Cc1c(Cl)cccc1Cl)C(=O)CCCN(c1ccc2c(c1)OCO2)S(C)(=O)=O. The molecule has 236 valence electrons. The lowest BCUT2D eigenvalue weighted by atomic mass is 10.0. The molecule has 0 saturated carbocycles. The quantitative estimate of drug-likeness (QED) is 0.206. The van der Waals surface area contributed by atoms with E-state index in [1.165, 1.54) is 9.21 Å². The topological polar surface area (TPSA) is 105 Å². The highest BCUT2D eigenvalue weighted by molar-refractivity contribution is 7.92. The Labute approximate surface area is 269 Å². The lowest BCUT2D eigenvalue weighted by Gasteiger charge is -2.32. The average Bonchev–Trinajstić information content (AvgIpc) is 3.46. The van der Waals surface area contributed by atoms with E-state index in [0.717, 1.165) is 24.7 Å². The molecule has 9 nitrogen and oxygen atoms in total. The molecule has 1 heterocycles. The fourth-order valence-electron chi connectivity index (χ4n) is 4.96. The molecule has 0 aliphatic carbocycles. The standard InChI is InChI=1S/C32H37Cl2N3O6S/c1-3-4-17-35-32(39)28(19-23-10-6-5-7-11-23)36(21-25-26(33)12-8-13-27(25)34)31(38)14-9-18-37(44(2,40)41)24-15-16-29-30(20-24)43-22-42-29/h5-8,10-13,15-16,20,28H,3-4,9,14,17-19,21-22H2,1-2H3,(H,35,39)/t28-/m1/s1. The number of hydrogen-bond acceptors (Lipinski definition) is 6. The van der Waals surface area contributed by atoms with Crippen LogP contribution in [-0.4, -0.2) is 57.3 Å². The van der Waals surface area contributed by atoms with Gasteiger partial charge in [0.2, 0.25) is 28.6 Å². The van der Waals surface area contributed by atoms with Crippen LogP contribution in [0.3, 0.4) is 0 Å². The summed E-state index contributed by atoms with van der Waals surface area (Å²) in [6.07, 6.45) is 3.27. The maximum absolute atomic E-state index is 14.0. The molecule has 3 aromatic rings. The van der Waals surface area contributed by atoms with E-state index in [-0.39, 0.29) is 51.0 Å². The van der Waals surface area contributed by atoms with Gasteiger partial charge in [-0.05, 0) is 42.7 Å². The van der Waals surface area contributed by atoms with Crippen molar-refractivity contribution in [3.63, 3.8) is 0 Å². The second kappa shape index (κ2) is 15.5. The Bertz CT molecular complexity index is 1530. The maximum atomic E-state index is 14.0. The Kier molecular flexibility index (Phi) is 11.8. The molecular formula is C32H37Cl2N3O6S. The van der Waals surface area contributed by atoms with Crippen molar-refractivity contribution in [3.8, 4) is 11.5 Å². The van der Waals surface area contributed by atoms with Crippen LogP contribution in [0.15, 0.2) is 66.7 Å². The van der Waals surface area contributed by atoms with Crippen molar-refractivity contribution >= 4 is 50.7 Å². The zero-order valence-electron chi connectivity index (χ0n) is 24.8. The zero-order valence-corrected chi connectivity index (χ0v) is 27.1. The lowest BCUT2D eigenvalue weighted by Crippen LogP contribution is -2.50. The largest absolute Gasteiger partial charge is 0.454 e. The van der Waals surface area contributed by atoms with Crippen LogP contribution in [0.2, 0.25) is 10.0 Å². The van der Waals surface area contributed by atoms with Crippen LogP contribution < -0.4 is 19.1 Å². The number of carbonyl (C=O) groups is 2. The fraction of sp³-hybridized carbons (Fsp3) is 0.375. The van der Waals surface area contributed by atoms with E-state index < -0.39 is 16.1 Å². The first-order chi connectivity index (χ1) is 21.1.